The van der Waals surface area contributed by atoms with Crippen molar-refractivity contribution < 1.29 is 19.2 Å². The largest absolute Gasteiger partial charge is 0.454 e. The van der Waals surface area contributed by atoms with Crippen molar-refractivity contribution in [2.24, 2.45) is 5.92 Å². The molecule has 5 rings (SSSR count). The molecule has 0 radical (unpaired) electrons. The first kappa shape index (κ1) is 19.6. The van der Waals surface area contributed by atoms with Crippen molar-refractivity contribution in [1.82, 2.24) is 0 Å². The van der Waals surface area contributed by atoms with Crippen LogP contribution in [0.3, 0.4) is 0 Å². The Hall–Kier alpha value is -3.31. The molecule has 31 heavy (non-hydrogen) atoms. The predicted octanol–water partition coefficient (Wildman–Crippen LogP) is 3.52. The molecule has 0 spiro atoms. The zero-order valence-corrected chi connectivity index (χ0v) is 17.5. The smallest absolute Gasteiger partial charge is 0.231 e. The highest BCUT2D eigenvalue weighted by Crippen LogP contribution is 2.34. The summed E-state index contributed by atoms with van der Waals surface area (Å²) in [5.41, 5.74) is 4.61. The van der Waals surface area contributed by atoms with E-state index in [1.807, 2.05) is 24.3 Å². The standard InChI is InChI=1S/C26H26N2O3/c29-26(27-23-10-11-24-25(16-23)31-18-30-24)22-12-14-28(15-13-22)17-19-6-8-21(9-7-19)20-4-2-1-3-5-20/h1-11,16,22H,12-15,17-18H2,(H,27,29)/p+1. The number of likely N-dealkylation sites (tertiary alicyclic amines) is 1. The number of ether oxygens (including phenoxy) is 2. The van der Waals surface area contributed by atoms with Gasteiger partial charge in [0.1, 0.15) is 6.54 Å². The van der Waals surface area contributed by atoms with Crippen molar-refractivity contribution in [1.29, 1.82) is 0 Å². The molecule has 1 fully saturated rings. The third-order valence-electron chi connectivity index (χ3n) is 6.22. The molecule has 5 nitrogen and oxygen atoms in total. The van der Waals surface area contributed by atoms with Crippen LogP contribution in [0.15, 0.2) is 72.8 Å². The minimum absolute atomic E-state index is 0.0645. The van der Waals surface area contributed by atoms with E-state index in [9.17, 15) is 4.79 Å². The molecule has 0 atom stereocenters. The van der Waals surface area contributed by atoms with Gasteiger partial charge in [0.05, 0.1) is 13.1 Å². The van der Waals surface area contributed by atoms with Gasteiger partial charge in [-0.1, -0.05) is 54.6 Å². The van der Waals surface area contributed by atoms with Gasteiger partial charge in [-0.3, -0.25) is 4.79 Å². The Morgan fingerprint density at radius 3 is 2.35 bits per heavy atom. The lowest BCUT2D eigenvalue weighted by Crippen LogP contribution is -3.11. The van der Waals surface area contributed by atoms with Gasteiger partial charge in [0.2, 0.25) is 12.7 Å². The molecule has 2 aliphatic heterocycles. The second kappa shape index (κ2) is 8.82. The summed E-state index contributed by atoms with van der Waals surface area (Å²) in [6.45, 7) is 3.27. The monoisotopic (exact) mass is 415 g/mol. The highest BCUT2D eigenvalue weighted by Gasteiger charge is 2.28. The van der Waals surface area contributed by atoms with Crippen molar-refractivity contribution >= 4 is 11.6 Å². The fourth-order valence-electron chi connectivity index (χ4n) is 4.42. The van der Waals surface area contributed by atoms with Gasteiger partial charge in [-0.2, -0.15) is 0 Å². The van der Waals surface area contributed by atoms with Crippen molar-refractivity contribution in [3.63, 3.8) is 0 Å². The van der Waals surface area contributed by atoms with E-state index in [1.54, 1.807) is 4.90 Å². The van der Waals surface area contributed by atoms with Gasteiger partial charge in [-0.25, -0.2) is 0 Å². The molecule has 3 aromatic rings. The molecule has 3 aromatic carbocycles. The first-order valence-electron chi connectivity index (χ1n) is 10.9. The summed E-state index contributed by atoms with van der Waals surface area (Å²) in [5.74, 6) is 1.59. The average molecular weight is 416 g/mol. The molecular formula is C26H27N2O3+. The minimum Gasteiger partial charge on any atom is -0.454 e. The van der Waals surface area contributed by atoms with Gasteiger partial charge < -0.3 is 19.7 Å². The quantitative estimate of drug-likeness (QED) is 0.671. The van der Waals surface area contributed by atoms with Gasteiger partial charge in [0, 0.05) is 36.1 Å². The number of piperidine rings is 1. The lowest BCUT2D eigenvalue weighted by atomic mass is 9.95. The molecule has 1 saturated heterocycles. The summed E-state index contributed by atoms with van der Waals surface area (Å²) >= 11 is 0. The van der Waals surface area contributed by atoms with Gasteiger partial charge in [0.25, 0.3) is 0 Å². The van der Waals surface area contributed by atoms with Crippen LogP contribution in [0, 0.1) is 5.92 Å². The van der Waals surface area contributed by atoms with Crippen LogP contribution in [0.25, 0.3) is 11.1 Å². The number of hydrogen-bond acceptors (Lipinski definition) is 3. The molecule has 0 aromatic heterocycles. The van der Waals surface area contributed by atoms with E-state index >= 15 is 0 Å². The van der Waals surface area contributed by atoms with E-state index in [4.69, 9.17) is 9.47 Å². The lowest BCUT2D eigenvalue weighted by Gasteiger charge is -2.28. The number of anilines is 1. The molecule has 0 saturated carbocycles. The van der Waals surface area contributed by atoms with Crippen LogP contribution in [-0.2, 0) is 11.3 Å². The highest BCUT2D eigenvalue weighted by molar-refractivity contribution is 5.93. The van der Waals surface area contributed by atoms with E-state index in [1.165, 1.54) is 16.7 Å². The van der Waals surface area contributed by atoms with E-state index in [0.29, 0.717) is 5.75 Å². The van der Waals surface area contributed by atoms with Gasteiger partial charge in [-0.05, 0) is 23.3 Å². The summed E-state index contributed by atoms with van der Waals surface area (Å²) in [4.78, 5) is 14.3. The van der Waals surface area contributed by atoms with Crippen molar-refractivity contribution in [3.8, 4) is 22.6 Å². The maximum Gasteiger partial charge on any atom is 0.231 e. The molecule has 158 valence electrons. The number of rotatable bonds is 5. The van der Waals surface area contributed by atoms with Crippen molar-refractivity contribution in [3.05, 3.63) is 78.4 Å². The summed E-state index contributed by atoms with van der Waals surface area (Å²) in [7, 11) is 0. The van der Waals surface area contributed by atoms with Crippen LogP contribution in [-0.4, -0.2) is 25.8 Å². The topological polar surface area (TPSA) is 52.0 Å². The van der Waals surface area contributed by atoms with Crippen LogP contribution in [0.2, 0.25) is 0 Å². The fourth-order valence-corrected chi connectivity index (χ4v) is 4.42. The molecule has 0 unspecified atom stereocenters. The number of nitrogens with one attached hydrogen (secondary N) is 2. The van der Waals surface area contributed by atoms with E-state index < -0.39 is 0 Å². The maximum atomic E-state index is 12.7. The fraction of sp³-hybridized carbons (Fsp3) is 0.269. The van der Waals surface area contributed by atoms with Crippen molar-refractivity contribution in [2.45, 2.75) is 19.4 Å². The van der Waals surface area contributed by atoms with Crippen LogP contribution in [0.5, 0.6) is 11.5 Å². The van der Waals surface area contributed by atoms with Gasteiger partial charge >= 0.3 is 0 Å². The van der Waals surface area contributed by atoms with E-state index in [0.717, 1.165) is 43.9 Å². The molecular weight excluding hydrogens is 388 g/mol. The molecule has 5 heteroatoms. The second-order valence-corrected chi connectivity index (χ2v) is 8.32. The van der Waals surface area contributed by atoms with Gasteiger partial charge in [0.15, 0.2) is 11.5 Å². The Labute approximate surface area is 182 Å². The summed E-state index contributed by atoms with van der Waals surface area (Å²) in [6.07, 6.45) is 1.82. The van der Waals surface area contributed by atoms with Crippen LogP contribution >= 0.6 is 0 Å². The Bertz CT molecular complexity index is 1040. The average Bonchev–Trinajstić information content (AvgIpc) is 3.29. The summed E-state index contributed by atoms with van der Waals surface area (Å²) in [6, 6.07) is 24.9. The number of carbonyl (C=O) groups excluding carboxylic acids is 1. The number of amides is 1. The maximum absolute atomic E-state index is 12.7. The Morgan fingerprint density at radius 2 is 1.58 bits per heavy atom. The summed E-state index contributed by atoms with van der Waals surface area (Å²) in [5, 5.41) is 3.04. The SMILES string of the molecule is O=C(Nc1ccc2c(c1)OCO2)C1CC[NH+](Cc2ccc(-c3ccccc3)cc2)CC1. The first-order chi connectivity index (χ1) is 15.2. The molecule has 0 aliphatic carbocycles. The van der Waals surface area contributed by atoms with Crippen LogP contribution in [0.1, 0.15) is 18.4 Å². The van der Waals surface area contributed by atoms with Crippen LogP contribution in [0.4, 0.5) is 5.69 Å². The molecule has 0 bridgehead atoms. The molecule has 2 N–H and O–H groups in total. The van der Waals surface area contributed by atoms with E-state index in [-0.39, 0.29) is 18.6 Å². The number of benzene rings is 3. The second-order valence-electron chi connectivity index (χ2n) is 8.32. The van der Waals surface area contributed by atoms with Gasteiger partial charge in [-0.15, -0.1) is 0 Å². The number of fused-ring (bicyclic) bond motifs is 1. The Morgan fingerprint density at radius 1 is 0.871 bits per heavy atom. The number of carbonyl (C=O) groups is 1. The normalized spacial score (nSPS) is 19.7. The Balaban J connectivity index is 1.12. The summed E-state index contributed by atoms with van der Waals surface area (Å²) < 4.78 is 10.7. The Kier molecular flexibility index (Phi) is 5.59. The highest BCUT2D eigenvalue weighted by atomic mass is 16.7. The van der Waals surface area contributed by atoms with E-state index in [2.05, 4.69) is 53.8 Å². The zero-order chi connectivity index (χ0) is 21.0. The molecule has 1 amide bonds. The number of hydrogen-bond donors (Lipinski definition) is 2. The lowest BCUT2D eigenvalue weighted by molar-refractivity contribution is -0.919. The molecule has 2 heterocycles. The predicted molar refractivity (Wildman–Crippen MR) is 120 cm³/mol. The first-order valence-corrected chi connectivity index (χ1v) is 10.9. The molecule has 2 aliphatic rings. The van der Waals surface area contributed by atoms with Crippen molar-refractivity contribution in [2.75, 3.05) is 25.2 Å². The number of quaternary nitrogens is 1. The third kappa shape index (κ3) is 4.57. The third-order valence-corrected chi connectivity index (χ3v) is 6.22. The van der Waals surface area contributed by atoms with Crippen LogP contribution < -0.4 is 19.7 Å². The zero-order valence-electron chi connectivity index (χ0n) is 17.5. The minimum atomic E-state index is 0.0645.